The van der Waals surface area contributed by atoms with Crippen molar-refractivity contribution < 1.29 is 9.53 Å². The fourth-order valence-corrected chi connectivity index (χ4v) is 1.75. The molecule has 1 N–H and O–H groups in total. The Morgan fingerprint density at radius 1 is 1.30 bits per heavy atom. The first-order chi connectivity index (χ1) is 9.54. The summed E-state index contributed by atoms with van der Waals surface area (Å²) in [4.78, 5) is 16.0. The minimum absolute atomic E-state index is 0.0637. The Kier molecular flexibility index (Phi) is 4.58. The van der Waals surface area contributed by atoms with Crippen molar-refractivity contribution >= 4 is 23.2 Å². The number of hydrogen-bond donors (Lipinski definition) is 1. The van der Waals surface area contributed by atoms with Crippen molar-refractivity contribution in [1.82, 2.24) is 4.98 Å². The van der Waals surface area contributed by atoms with Crippen molar-refractivity contribution in [3.8, 4) is 5.75 Å². The van der Waals surface area contributed by atoms with Crippen molar-refractivity contribution in [3.63, 3.8) is 0 Å². The molecule has 2 aromatic rings. The number of hydrogen-bond acceptors (Lipinski definition) is 3. The average Bonchev–Trinajstić information content (AvgIpc) is 2.41. The summed E-state index contributed by atoms with van der Waals surface area (Å²) < 4.78 is 5.56. The van der Waals surface area contributed by atoms with E-state index in [0.717, 1.165) is 0 Å². The van der Waals surface area contributed by atoms with E-state index in [1.165, 1.54) is 6.20 Å². The number of aromatic nitrogens is 1. The average molecular weight is 291 g/mol. The third-order valence-electron chi connectivity index (χ3n) is 2.45. The molecule has 0 aliphatic carbocycles. The number of ether oxygens (including phenoxy) is 1. The molecule has 0 saturated heterocycles. The van der Waals surface area contributed by atoms with Gasteiger partial charge in [-0.1, -0.05) is 17.7 Å². The molecule has 2 rings (SSSR count). The zero-order valence-electron chi connectivity index (χ0n) is 11.3. The van der Waals surface area contributed by atoms with E-state index in [9.17, 15) is 4.79 Å². The quantitative estimate of drug-likeness (QED) is 0.872. The van der Waals surface area contributed by atoms with Gasteiger partial charge in [-0.3, -0.25) is 4.79 Å². The van der Waals surface area contributed by atoms with Crippen molar-refractivity contribution in [1.29, 1.82) is 0 Å². The maximum atomic E-state index is 12.1. The Morgan fingerprint density at radius 2 is 2.10 bits per heavy atom. The van der Waals surface area contributed by atoms with Gasteiger partial charge in [0.05, 0.1) is 18.0 Å². The molecular formula is C15H15ClN2O2. The van der Waals surface area contributed by atoms with E-state index < -0.39 is 0 Å². The van der Waals surface area contributed by atoms with Gasteiger partial charge in [-0.2, -0.15) is 0 Å². The highest BCUT2D eigenvalue weighted by Gasteiger charge is 2.08. The summed E-state index contributed by atoms with van der Waals surface area (Å²) in [6, 6.07) is 10.4. The lowest BCUT2D eigenvalue weighted by molar-refractivity contribution is 0.102. The molecule has 4 nitrogen and oxygen atoms in total. The molecule has 0 saturated carbocycles. The summed E-state index contributed by atoms with van der Waals surface area (Å²) in [7, 11) is 0. The number of carbonyl (C=O) groups is 1. The van der Waals surface area contributed by atoms with Gasteiger partial charge in [0.1, 0.15) is 10.9 Å². The molecule has 1 aromatic carbocycles. The molecule has 1 aromatic heterocycles. The van der Waals surface area contributed by atoms with E-state index in [1.54, 1.807) is 30.3 Å². The molecular weight excluding hydrogens is 276 g/mol. The van der Waals surface area contributed by atoms with E-state index in [2.05, 4.69) is 10.3 Å². The molecule has 0 unspecified atom stereocenters. The number of nitrogens with one attached hydrogen (secondary N) is 1. The summed E-state index contributed by atoms with van der Waals surface area (Å²) in [5.41, 5.74) is 1.12. The summed E-state index contributed by atoms with van der Waals surface area (Å²) in [5.74, 6) is 0.449. The normalized spacial score (nSPS) is 10.4. The van der Waals surface area contributed by atoms with Gasteiger partial charge in [-0.15, -0.1) is 0 Å². The zero-order chi connectivity index (χ0) is 14.5. The fourth-order valence-electron chi connectivity index (χ4n) is 1.64. The van der Waals surface area contributed by atoms with Gasteiger partial charge in [-0.25, -0.2) is 4.98 Å². The van der Waals surface area contributed by atoms with E-state index in [0.29, 0.717) is 22.2 Å². The van der Waals surface area contributed by atoms with Gasteiger partial charge in [-0.05, 0) is 44.2 Å². The van der Waals surface area contributed by atoms with Gasteiger partial charge >= 0.3 is 0 Å². The number of anilines is 1. The monoisotopic (exact) mass is 290 g/mol. The summed E-state index contributed by atoms with van der Waals surface area (Å²) in [6.07, 6.45) is 1.57. The number of carbonyl (C=O) groups excluding carboxylic acids is 1. The number of nitrogens with zero attached hydrogens (tertiary/aromatic N) is 1. The zero-order valence-corrected chi connectivity index (χ0v) is 12.0. The largest absolute Gasteiger partial charge is 0.491 e. The minimum Gasteiger partial charge on any atom is -0.491 e. The Bertz CT molecular complexity index is 597. The highest BCUT2D eigenvalue weighted by molar-refractivity contribution is 6.29. The van der Waals surface area contributed by atoms with Crippen LogP contribution in [0.15, 0.2) is 42.6 Å². The van der Waals surface area contributed by atoms with Crippen LogP contribution in [0, 0.1) is 0 Å². The van der Waals surface area contributed by atoms with E-state index in [1.807, 2.05) is 19.9 Å². The molecule has 5 heteroatoms. The second-order valence-electron chi connectivity index (χ2n) is 4.52. The van der Waals surface area contributed by atoms with Gasteiger partial charge in [0.15, 0.2) is 0 Å². The van der Waals surface area contributed by atoms with Crippen LogP contribution >= 0.6 is 11.6 Å². The predicted octanol–water partition coefficient (Wildman–Crippen LogP) is 3.77. The Labute approximate surface area is 122 Å². The molecule has 0 fully saturated rings. The first kappa shape index (κ1) is 14.3. The first-order valence-electron chi connectivity index (χ1n) is 6.24. The van der Waals surface area contributed by atoms with Gasteiger partial charge < -0.3 is 10.1 Å². The van der Waals surface area contributed by atoms with Crippen molar-refractivity contribution in [2.45, 2.75) is 20.0 Å². The number of halogens is 1. The first-order valence-corrected chi connectivity index (χ1v) is 6.62. The topological polar surface area (TPSA) is 51.2 Å². The lowest BCUT2D eigenvalue weighted by Gasteiger charge is -2.11. The number of pyridine rings is 1. The maximum Gasteiger partial charge on any atom is 0.255 e. The van der Waals surface area contributed by atoms with Crippen molar-refractivity contribution in [3.05, 3.63) is 53.3 Å². The molecule has 0 radical (unpaired) electrons. The molecule has 1 heterocycles. The van der Waals surface area contributed by atoms with E-state index >= 15 is 0 Å². The van der Waals surface area contributed by atoms with Crippen LogP contribution in [0.25, 0.3) is 0 Å². The maximum absolute atomic E-state index is 12.1. The number of rotatable bonds is 4. The molecule has 0 aliphatic rings. The Morgan fingerprint density at radius 3 is 2.75 bits per heavy atom. The standard InChI is InChI=1S/C15H15ClN2O2/c1-10(2)20-13-5-3-4-11(8-13)15(19)18-12-6-7-14(16)17-9-12/h3-10H,1-2H3,(H,18,19). The Balaban J connectivity index is 2.10. The van der Waals surface area contributed by atoms with Crippen LogP contribution in [0.5, 0.6) is 5.75 Å². The summed E-state index contributed by atoms with van der Waals surface area (Å²) in [6.45, 7) is 3.87. The third-order valence-corrected chi connectivity index (χ3v) is 2.68. The van der Waals surface area contributed by atoms with Crippen molar-refractivity contribution in [2.75, 3.05) is 5.32 Å². The van der Waals surface area contributed by atoms with Gasteiger partial charge in [0.2, 0.25) is 0 Å². The third kappa shape index (κ3) is 3.96. The lowest BCUT2D eigenvalue weighted by atomic mass is 10.2. The molecule has 1 amide bonds. The van der Waals surface area contributed by atoms with Crippen LogP contribution in [-0.4, -0.2) is 17.0 Å². The molecule has 0 atom stereocenters. The van der Waals surface area contributed by atoms with E-state index in [-0.39, 0.29) is 12.0 Å². The van der Waals surface area contributed by atoms with Crippen LogP contribution in [0.2, 0.25) is 5.15 Å². The fraction of sp³-hybridized carbons (Fsp3) is 0.200. The highest BCUT2D eigenvalue weighted by atomic mass is 35.5. The molecule has 0 bridgehead atoms. The van der Waals surface area contributed by atoms with Crippen LogP contribution in [0.3, 0.4) is 0 Å². The van der Waals surface area contributed by atoms with Gasteiger partial charge in [0.25, 0.3) is 5.91 Å². The number of amides is 1. The highest BCUT2D eigenvalue weighted by Crippen LogP contribution is 2.17. The molecule has 0 aliphatic heterocycles. The van der Waals surface area contributed by atoms with Gasteiger partial charge in [0, 0.05) is 5.56 Å². The Hall–Kier alpha value is -2.07. The second kappa shape index (κ2) is 6.39. The molecule has 104 valence electrons. The number of benzene rings is 1. The van der Waals surface area contributed by atoms with Crippen LogP contribution in [0.1, 0.15) is 24.2 Å². The lowest BCUT2D eigenvalue weighted by Crippen LogP contribution is -2.12. The van der Waals surface area contributed by atoms with Crippen LogP contribution in [0.4, 0.5) is 5.69 Å². The summed E-state index contributed by atoms with van der Waals surface area (Å²) in [5, 5.41) is 3.13. The summed E-state index contributed by atoms with van der Waals surface area (Å²) >= 11 is 5.69. The van der Waals surface area contributed by atoms with Crippen LogP contribution in [-0.2, 0) is 0 Å². The van der Waals surface area contributed by atoms with Crippen LogP contribution < -0.4 is 10.1 Å². The minimum atomic E-state index is -0.219. The molecule has 0 spiro atoms. The van der Waals surface area contributed by atoms with Crippen molar-refractivity contribution in [2.24, 2.45) is 0 Å². The smallest absolute Gasteiger partial charge is 0.255 e. The SMILES string of the molecule is CC(C)Oc1cccc(C(=O)Nc2ccc(Cl)nc2)c1. The second-order valence-corrected chi connectivity index (χ2v) is 4.91. The van der Waals surface area contributed by atoms with E-state index in [4.69, 9.17) is 16.3 Å². The molecule has 20 heavy (non-hydrogen) atoms. The predicted molar refractivity (Wildman–Crippen MR) is 79.4 cm³/mol.